The molecule has 0 aliphatic rings. The predicted molar refractivity (Wildman–Crippen MR) is 94.2 cm³/mol. The number of aryl methyl sites for hydroxylation is 2. The minimum absolute atomic E-state index is 0.0657. The lowest BCUT2D eigenvalue weighted by Crippen LogP contribution is -2.24. The van der Waals surface area contributed by atoms with Crippen LogP contribution in [0.3, 0.4) is 0 Å². The summed E-state index contributed by atoms with van der Waals surface area (Å²) in [5.41, 5.74) is 4.25. The van der Waals surface area contributed by atoms with E-state index in [1.54, 1.807) is 31.3 Å². The summed E-state index contributed by atoms with van der Waals surface area (Å²) < 4.78 is 0. The highest BCUT2D eigenvalue weighted by Gasteiger charge is 2.17. The molecule has 4 N–H and O–H groups in total. The van der Waals surface area contributed by atoms with Crippen molar-refractivity contribution in [1.82, 2.24) is 15.5 Å². The van der Waals surface area contributed by atoms with Gasteiger partial charge in [0, 0.05) is 30.5 Å². The predicted octanol–water partition coefficient (Wildman–Crippen LogP) is 2.91. The Morgan fingerprint density at radius 3 is 2.46 bits per heavy atom. The molecule has 2 rings (SSSR count). The third-order valence-corrected chi connectivity index (χ3v) is 3.80. The topological polar surface area (TPSA) is 98.9 Å². The summed E-state index contributed by atoms with van der Waals surface area (Å²) in [5.74, 6) is -0.0180. The number of urea groups is 1. The van der Waals surface area contributed by atoms with Crippen LogP contribution >= 0.6 is 0 Å². The molecule has 24 heavy (non-hydrogen) atoms. The second-order valence-electron chi connectivity index (χ2n) is 5.79. The summed E-state index contributed by atoms with van der Waals surface area (Å²) in [7, 11) is 1.54. The molecule has 0 saturated heterocycles. The third-order valence-electron chi connectivity index (χ3n) is 3.80. The average Bonchev–Trinajstić information content (AvgIpc) is 2.86. The van der Waals surface area contributed by atoms with Crippen molar-refractivity contribution in [3.63, 3.8) is 0 Å². The van der Waals surface area contributed by atoms with Gasteiger partial charge >= 0.3 is 6.03 Å². The highest BCUT2D eigenvalue weighted by Crippen LogP contribution is 2.25. The molecule has 1 heterocycles. The Kier molecular flexibility index (Phi) is 5.57. The second kappa shape index (κ2) is 7.63. The summed E-state index contributed by atoms with van der Waals surface area (Å²) in [6.45, 7) is 5.90. The van der Waals surface area contributed by atoms with Crippen LogP contribution in [-0.2, 0) is 4.79 Å². The number of benzene rings is 1. The molecule has 0 radical (unpaired) electrons. The van der Waals surface area contributed by atoms with Gasteiger partial charge < -0.3 is 16.0 Å². The molecular weight excluding hydrogens is 306 g/mol. The van der Waals surface area contributed by atoms with E-state index in [2.05, 4.69) is 26.1 Å². The van der Waals surface area contributed by atoms with Crippen LogP contribution in [0.4, 0.5) is 16.2 Å². The number of hydrogen-bond acceptors (Lipinski definition) is 3. The van der Waals surface area contributed by atoms with Crippen LogP contribution in [0.5, 0.6) is 0 Å². The highest BCUT2D eigenvalue weighted by atomic mass is 16.2. The van der Waals surface area contributed by atoms with Gasteiger partial charge in [0.05, 0.1) is 5.69 Å². The Labute approximate surface area is 141 Å². The molecule has 0 aliphatic carbocycles. The number of H-pyrrole nitrogens is 1. The molecule has 0 saturated carbocycles. The number of hydrogen-bond donors (Lipinski definition) is 4. The number of carbonyl (C=O) groups is 2. The maximum Gasteiger partial charge on any atom is 0.318 e. The maximum absolute atomic E-state index is 12.3. The normalized spacial score (nSPS) is 11.7. The SMILES string of the molecule is CNC(=O)Nc1cccc(NC(=O)C[C@@H](C)c2c(C)n[nH]c2C)c1. The van der Waals surface area contributed by atoms with E-state index in [1.165, 1.54) is 0 Å². The zero-order valence-electron chi connectivity index (χ0n) is 14.4. The fraction of sp³-hybridized carbons (Fsp3) is 0.353. The van der Waals surface area contributed by atoms with Crippen LogP contribution in [-0.4, -0.2) is 29.2 Å². The van der Waals surface area contributed by atoms with Crippen LogP contribution in [0.2, 0.25) is 0 Å². The van der Waals surface area contributed by atoms with Gasteiger partial charge in [-0.25, -0.2) is 4.79 Å². The minimum atomic E-state index is -0.307. The quantitative estimate of drug-likeness (QED) is 0.678. The number of nitrogens with zero attached hydrogens (tertiary/aromatic N) is 1. The van der Waals surface area contributed by atoms with E-state index in [1.807, 2.05) is 20.8 Å². The number of aromatic amines is 1. The van der Waals surface area contributed by atoms with Crippen molar-refractivity contribution in [3.05, 3.63) is 41.2 Å². The van der Waals surface area contributed by atoms with E-state index >= 15 is 0 Å². The number of aromatic nitrogens is 2. The van der Waals surface area contributed by atoms with Crippen LogP contribution in [0.1, 0.15) is 36.2 Å². The first-order chi connectivity index (χ1) is 11.4. The van der Waals surface area contributed by atoms with Gasteiger partial charge in [-0.1, -0.05) is 13.0 Å². The van der Waals surface area contributed by atoms with Gasteiger partial charge in [-0.05, 0) is 43.5 Å². The summed E-state index contributed by atoms with van der Waals surface area (Å²) in [6, 6.07) is 6.72. The lowest BCUT2D eigenvalue weighted by atomic mass is 9.95. The van der Waals surface area contributed by atoms with Crippen molar-refractivity contribution in [3.8, 4) is 0 Å². The maximum atomic E-state index is 12.3. The largest absolute Gasteiger partial charge is 0.341 e. The van der Waals surface area contributed by atoms with Gasteiger partial charge in [-0.2, -0.15) is 5.10 Å². The van der Waals surface area contributed by atoms with E-state index in [4.69, 9.17) is 0 Å². The van der Waals surface area contributed by atoms with Gasteiger partial charge in [0.1, 0.15) is 0 Å². The average molecular weight is 329 g/mol. The van der Waals surface area contributed by atoms with Crippen LogP contribution < -0.4 is 16.0 Å². The number of nitrogens with one attached hydrogen (secondary N) is 4. The third kappa shape index (κ3) is 4.34. The van der Waals surface area contributed by atoms with Crippen molar-refractivity contribution in [1.29, 1.82) is 0 Å². The molecule has 0 bridgehead atoms. The van der Waals surface area contributed by atoms with Gasteiger partial charge in [-0.15, -0.1) is 0 Å². The van der Waals surface area contributed by atoms with E-state index in [0.29, 0.717) is 17.8 Å². The highest BCUT2D eigenvalue weighted by molar-refractivity contribution is 5.93. The van der Waals surface area contributed by atoms with Crippen LogP contribution in [0, 0.1) is 13.8 Å². The molecule has 0 spiro atoms. The van der Waals surface area contributed by atoms with Gasteiger partial charge in [0.2, 0.25) is 5.91 Å². The standard InChI is InChI=1S/C17H23N5O2/c1-10(16-11(2)21-22-12(16)3)8-15(23)19-13-6-5-7-14(9-13)20-17(24)18-4/h5-7,9-10H,8H2,1-4H3,(H,19,23)(H,21,22)(H2,18,20,24)/t10-/m1/s1. The fourth-order valence-electron chi connectivity index (χ4n) is 2.75. The molecule has 2 aromatic rings. The Hall–Kier alpha value is -2.83. The van der Waals surface area contributed by atoms with Crippen LogP contribution in [0.25, 0.3) is 0 Å². The minimum Gasteiger partial charge on any atom is -0.341 e. The van der Waals surface area contributed by atoms with Crippen molar-refractivity contribution in [2.45, 2.75) is 33.1 Å². The Morgan fingerprint density at radius 2 is 1.88 bits per heavy atom. The molecule has 1 aromatic carbocycles. The van der Waals surface area contributed by atoms with Crippen molar-refractivity contribution >= 4 is 23.3 Å². The Morgan fingerprint density at radius 1 is 1.21 bits per heavy atom. The Bertz CT molecular complexity index is 719. The number of rotatable bonds is 5. The van der Waals surface area contributed by atoms with E-state index in [-0.39, 0.29) is 17.9 Å². The van der Waals surface area contributed by atoms with Gasteiger partial charge in [-0.3, -0.25) is 9.89 Å². The molecule has 1 aromatic heterocycles. The van der Waals surface area contributed by atoms with Crippen molar-refractivity contribution < 1.29 is 9.59 Å². The smallest absolute Gasteiger partial charge is 0.318 e. The monoisotopic (exact) mass is 329 g/mol. The number of anilines is 2. The lowest BCUT2D eigenvalue weighted by Gasteiger charge is -2.13. The summed E-state index contributed by atoms with van der Waals surface area (Å²) >= 11 is 0. The van der Waals surface area contributed by atoms with E-state index in [0.717, 1.165) is 17.0 Å². The Balaban J connectivity index is 1.99. The molecule has 0 fully saturated rings. The first-order valence-electron chi connectivity index (χ1n) is 7.80. The van der Waals surface area contributed by atoms with E-state index < -0.39 is 0 Å². The first-order valence-corrected chi connectivity index (χ1v) is 7.80. The number of amides is 3. The van der Waals surface area contributed by atoms with Crippen LogP contribution in [0.15, 0.2) is 24.3 Å². The summed E-state index contributed by atoms with van der Waals surface area (Å²) in [4.78, 5) is 23.6. The first kappa shape index (κ1) is 17.5. The molecule has 7 heteroatoms. The van der Waals surface area contributed by atoms with E-state index in [9.17, 15) is 9.59 Å². The molecule has 7 nitrogen and oxygen atoms in total. The summed E-state index contributed by atoms with van der Waals surface area (Å²) in [5, 5.41) is 15.1. The molecular formula is C17H23N5O2. The molecule has 1 atom stereocenters. The summed E-state index contributed by atoms with van der Waals surface area (Å²) in [6.07, 6.45) is 0.355. The van der Waals surface area contributed by atoms with Gasteiger partial charge in [0.15, 0.2) is 0 Å². The fourth-order valence-corrected chi connectivity index (χ4v) is 2.75. The molecule has 0 aliphatic heterocycles. The van der Waals surface area contributed by atoms with Gasteiger partial charge in [0.25, 0.3) is 0 Å². The zero-order chi connectivity index (χ0) is 17.7. The second-order valence-corrected chi connectivity index (χ2v) is 5.79. The number of carbonyl (C=O) groups excluding carboxylic acids is 2. The van der Waals surface area contributed by atoms with Crippen molar-refractivity contribution in [2.75, 3.05) is 17.7 Å². The molecule has 128 valence electrons. The molecule has 3 amide bonds. The van der Waals surface area contributed by atoms with Crippen molar-refractivity contribution in [2.24, 2.45) is 0 Å². The lowest BCUT2D eigenvalue weighted by molar-refractivity contribution is -0.116. The zero-order valence-corrected chi connectivity index (χ0v) is 14.4. The molecule has 0 unspecified atom stereocenters.